The van der Waals surface area contributed by atoms with Crippen molar-refractivity contribution >= 4 is 35.0 Å². The number of hydrogen-bond donors (Lipinski definition) is 3. The van der Waals surface area contributed by atoms with Gasteiger partial charge in [-0.15, -0.1) is 0 Å². The van der Waals surface area contributed by atoms with Crippen molar-refractivity contribution in [3.63, 3.8) is 0 Å². The number of nitrogens with two attached hydrogens (primary N) is 2. The molecule has 0 aliphatic carbocycles. The third-order valence-corrected chi connectivity index (χ3v) is 4.62. The molecule has 0 fully saturated rings. The van der Waals surface area contributed by atoms with E-state index in [1.807, 2.05) is 0 Å². The van der Waals surface area contributed by atoms with Gasteiger partial charge in [0.15, 0.2) is 5.82 Å². The number of alkyl halides is 3. The summed E-state index contributed by atoms with van der Waals surface area (Å²) >= 11 is 0. The number of amides is 2. The third-order valence-electron chi connectivity index (χ3n) is 4.62. The van der Waals surface area contributed by atoms with Crippen molar-refractivity contribution < 1.29 is 22.8 Å². The number of halogens is 3. The number of para-hydroxylation sites is 1. The molecular weight excluding hydrogens is 437 g/mol. The van der Waals surface area contributed by atoms with E-state index in [0.29, 0.717) is 17.4 Å². The molecule has 0 saturated heterocycles. The predicted molar refractivity (Wildman–Crippen MR) is 117 cm³/mol. The zero-order chi connectivity index (χ0) is 24.3. The lowest BCUT2D eigenvalue weighted by atomic mass is 10.1. The van der Waals surface area contributed by atoms with Crippen molar-refractivity contribution in [2.45, 2.75) is 13.1 Å². The van der Waals surface area contributed by atoms with Gasteiger partial charge < -0.3 is 16.8 Å². The van der Waals surface area contributed by atoms with Gasteiger partial charge in [0.25, 0.3) is 5.91 Å². The van der Waals surface area contributed by atoms with Crippen molar-refractivity contribution in [2.24, 2.45) is 11.5 Å². The number of aromatic nitrogens is 2. The minimum Gasteiger partial charge on any atom is -0.366 e. The Morgan fingerprint density at radius 2 is 1.76 bits per heavy atom. The monoisotopic (exact) mass is 456 g/mol. The van der Waals surface area contributed by atoms with E-state index in [0.717, 1.165) is 4.90 Å². The maximum atomic E-state index is 13.8. The van der Waals surface area contributed by atoms with Crippen LogP contribution in [-0.2, 0) is 11.0 Å². The van der Waals surface area contributed by atoms with E-state index in [-0.39, 0.29) is 17.2 Å². The molecule has 33 heavy (non-hydrogen) atoms. The average molecular weight is 456 g/mol. The van der Waals surface area contributed by atoms with Gasteiger partial charge >= 0.3 is 6.18 Å². The van der Waals surface area contributed by atoms with Crippen LogP contribution in [0.15, 0.2) is 67.0 Å². The summed E-state index contributed by atoms with van der Waals surface area (Å²) in [4.78, 5) is 32.1. The van der Waals surface area contributed by atoms with Crippen LogP contribution >= 0.6 is 0 Å². The molecule has 5 N–H and O–H groups in total. The van der Waals surface area contributed by atoms with Crippen LogP contribution in [0.1, 0.15) is 21.5 Å². The minimum absolute atomic E-state index is 0.184. The first-order valence-electron chi connectivity index (χ1n) is 9.44. The minimum atomic E-state index is -4.85. The summed E-state index contributed by atoms with van der Waals surface area (Å²) in [5, 5.41) is 2.79. The Hall–Kier alpha value is -4.41. The van der Waals surface area contributed by atoms with E-state index in [2.05, 4.69) is 21.9 Å². The number of carbonyl (C=O) groups excluding carboxylic acids is 2. The molecule has 0 aliphatic rings. The summed E-state index contributed by atoms with van der Waals surface area (Å²) in [6.07, 6.45) is -4.26. The number of carbonyl (C=O) groups is 2. The molecule has 1 aromatic heterocycles. The van der Waals surface area contributed by atoms with Crippen LogP contribution < -0.4 is 21.7 Å². The van der Waals surface area contributed by atoms with Crippen LogP contribution in [0.4, 0.5) is 36.3 Å². The Morgan fingerprint density at radius 1 is 1.09 bits per heavy atom. The SMILES string of the molecule is C=C(C(N)=O)N(c1ccccc1)c1nc(Nc2cc(C(N)=O)ccc2C)ncc1C(F)(F)F. The Kier molecular flexibility index (Phi) is 6.33. The zero-order valence-corrected chi connectivity index (χ0v) is 17.3. The molecule has 8 nitrogen and oxygen atoms in total. The molecule has 1 heterocycles. The first kappa shape index (κ1) is 23.3. The number of aryl methyl sites for hydroxylation is 1. The van der Waals surface area contributed by atoms with Crippen LogP contribution in [0.3, 0.4) is 0 Å². The van der Waals surface area contributed by atoms with E-state index in [9.17, 15) is 22.8 Å². The molecular formula is C22H19F3N6O2. The Balaban J connectivity index is 2.18. The molecule has 0 bridgehead atoms. The van der Waals surface area contributed by atoms with Crippen LogP contribution in [0.25, 0.3) is 0 Å². The van der Waals surface area contributed by atoms with Crippen LogP contribution in [0, 0.1) is 6.92 Å². The lowest BCUT2D eigenvalue weighted by molar-refractivity contribution is -0.137. The molecule has 0 radical (unpaired) electrons. The van der Waals surface area contributed by atoms with E-state index in [1.165, 1.54) is 24.3 Å². The number of rotatable bonds is 7. The van der Waals surface area contributed by atoms with Crippen LogP contribution in [0.2, 0.25) is 0 Å². The first-order chi connectivity index (χ1) is 15.5. The summed E-state index contributed by atoms with van der Waals surface area (Å²) in [7, 11) is 0. The van der Waals surface area contributed by atoms with E-state index in [1.54, 1.807) is 31.2 Å². The van der Waals surface area contributed by atoms with E-state index >= 15 is 0 Å². The van der Waals surface area contributed by atoms with E-state index < -0.39 is 35.1 Å². The topological polar surface area (TPSA) is 127 Å². The van der Waals surface area contributed by atoms with Gasteiger partial charge in [0, 0.05) is 23.1 Å². The first-order valence-corrected chi connectivity index (χ1v) is 9.44. The average Bonchev–Trinajstić information content (AvgIpc) is 2.75. The van der Waals surface area contributed by atoms with Gasteiger partial charge in [-0.1, -0.05) is 30.8 Å². The largest absolute Gasteiger partial charge is 0.421 e. The number of nitrogens with zero attached hydrogens (tertiary/aromatic N) is 3. The second kappa shape index (κ2) is 8.99. The van der Waals surface area contributed by atoms with Gasteiger partial charge in [0.2, 0.25) is 11.9 Å². The molecule has 3 rings (SSSR count). The van der Waals surface area contributed by atoms with Crippen molar-refractivity contribution in [1.82, 2.24) is 9.97 Å². The highest BCUT2D eigenvalue weighted by Gasteiger charge is 2.38. The zero-order valence-electron chi connectivity index (χ0n) is 17.3. The number of nitrogens with one attached hydrogen (secondary N) is 1. The summed E-state index contributed by atoms with van der Waals surface area (Å²) < 4.78 is 41.5. The molecule has 2 amide bonds. The molecule has 2 aromatic carbocycles. The highest BCUT2D eigenvalue weighted by Crippen LogP contribution is 2.40. The Bertz CT molecular complexity index is 1230. The molecule has 3 aromatic rings. The second-order valence-electron chi connectivity index (χ2n) is 6.93. The summed E-state index contributed by atoms with van der Waals surface area (Å²) in [6.45, 7) is 5.25. The number of primary amides is 2. The van der Waals surface area contributed by atoms with Gasteiger partial charge in [-0.3, -0.25) is 14.5 Å². The van der Waals surface area contributed by atoms with Gasteiger partial charge in [-0.2, -0.15) is 18.2 Å². The smallest absolute Gasteiger partial charge is 0.366 e. The van der Waals surface area contributed by atoms with Crippen LogP contribution in [0.5, 0.6) is 0 Å². The summed E-state index contributed by atoms with van der Waals surface area (Å²) in [5.74, 6) is -2.59. The molecule has 11 heteroatoms. The van der Waals surface area contributed by atoms with Gasteiger partial charge in [0.05, 0.1) is 0 Å². The maximum Gasteiger partial charge on any atom is 0.421 e. The van der Waals surface area contributed by atoms with Crippen molar-refractivity contribution in [3.8, 4) is 0 Å². The standard InChI is InChI=1S/C22H19F3N6O2/c1-12-8-9-14(19(27)33)10-17(12)29-21-28-11-16(22(23,24)25)20(30-21)31(13(2)18(26)32)15-6-4-3-5-7-15/h3-11H,2H2,1H3,(H2,26,32)(H2,27,33)(H,28,29,30). The lowest BCUT2D eigenvalue weighted by Crippen LogP contribution is -2.30. The molecule has 0 unspecified atom stereocenters. The quantitative estimate of drug-likeness (QED) is 0.464. The fourth-order valence-corrected chi connectivity index (χ4v) is 2.93. The Labute approximate surface area is 186 Å². The molecule has 0 aliphatic heterocycles. The predicted octanol–water partition coefficient (Wildman–Crippen LogP) is 3.78. The lowest BCUT2D eigenvalue weighted by Gasteiger charge is -2.27. The molecule has 0 atom stereocenters. The molecule has 170 valence electrons. The van der Waals surface area contributed by atoms with Gasteiger partial charge in [0.1, 0.15) is 11.3 Å². The highest BCUT2D eigenvalue weighted by molar-refractivity contribution is 5.98. The van der Waals surface area contributed by atoms with Gasteiger partial charge in [-0.05, 0) is 36.8 Å². The van der Waals surface area contributed by atoms with Crippen molar-refractivity contribution in [2.75, 3.05) is 10.2 Å². The normalized spacial score (nSPS) is 11.0. The third kappa shape index (κ3) is 5.09. The number of anilines is 4. The Morgan fingerprint density at radius 3 is 2.33 bits per heavy atom. The van der Waals surface area contributed by atoms with Crippen molar-refractivity contribution in [1.29, 1.82) is 0 Å². The molecule has 0 saturated carbocycles. The maximum absolute atomic E-state index is 13.8. The fourth-order valence-electron chi connectivity index (χ4n) is 2.93. The molecule has 0 spiro atoms. The summed E-state index contributed by atoms with van der Waals surface area (Å²) in [5.41, 5.74) is 10.4. The fraction of sp³-hybridized carbons (Fsp3) is 0.0909. The van der Waals surface area contributed by atoms with Gasteiger partial charge in [-0.25, -0.2) is 4.98 Å². The summed E-state index contributed by atoms with van der Waals surface area (Å²) in [6, 6.07) is 12.3. The highest BCUT2D eigenvalue weighted by atomic mass is 19.4. The van der Waals surface area contributed by atoms with E-state index in [4.69, 9.17) is 11.5 Å². The second-order valence-corrected chi connectivity index (χ2v) is 6.93. The van der Waals surface area contributed by atoms with Crippen molar-refractivity contribution in [3.05, 3.63) is 83.7 Å². The number of benzene rings is 2. The number of hydrogen-bond acceptors (Lipinski definition) is 6. The van der Waals surface area contributed by atoms with Crippen LogP contribution in [-0.4, -0.2) is 21.8 Å².